The molecule has 0 unspecified atom stereocenters. The van der Waals surface area contributed by atoms with Gasteiger partial charge in [-0.15, -0.1) is 11.3 Å². The molecule has 4 nitrogen and oxygen atoms in total. The predicted octanol–water partition coefficient (Wildman–Crippen LogP) is 1.77. The quantitative estimate of drug-likeness (QED) is 0.571. The summed E-state index contributed by atoms with van der Waals surface area (Å²) >= 11 is 1.23. The maximum absolute atomic E-state index is 11.4. The molecule has 0 aromatic carbocycles. The first-order valence-corrected chi connectivity index (χ1v) is 5.17. The molecule has 0 aliphatic heterocycles. The highest BCUT2D eigenvalue weighted by molar-refractivity contribution is 7.21. The van der Waals surface area contributed by atoms with E-state index in [0.29, 0.717) is 4.88 Å². The number of carbonyl (C=O) groups is 2. The van der Waals surface area contributed by atoms with Gasteiger partial charge in [0.15, 0.2) is 0 Å². The number of rotatable bonds is 2. The number of aromatic nitrogens is 2. The molecule has 5 heteroatoms. The van der Waals surface area contributed by atoms with E-state index in [4.69, 9.17) is 0 Å². The Morgan fingerprint density at radius 1 is 1.33 bits per heavy atom. The fraction of sp³-hybridized carbons (Fsp3) is 0.200. The molecule has 2 rings (SSSR count). The van der Waals surface area contributed by atoms with Gasteiger partial charge in [-0.2, -0.15) is 0 Å². The van der Waals surface area contributed by atoms with Crippen LogP contribution in [-0.2, 0) is 4.79 Å². The lowest BCUT2D eigenvalue weighted by Crippen LogP contribution is -2.07. The van der Waals surface area contributed by atoms with Crippen molar-refractivity contribution in [2.24, 2.45) is 0 Å². The van der Waals surface area contributed by atoms with E-state index in [1.54, 1.807) is 6.07 Å². The van der Waals surface area contributed by atoms with Crippen molar-refractivity contribution in [2.75, 3.05) is 0 Å². The summed E-state index contributed by atoms with van der Waals surface area (Å²) in [5.74, 6) is -0.912. The van der Waals surface area contributed by atoms with Gasteiger partial charge in [-0.25, -0.2) is 9.97 Å². The molecule has 15 heavy (non-hydrogen) atoms. The van der Waals surface area contributed by atoms with Crippen LogP contribution in [0.4, 0.5) is 0 Å². The minimum atomic E-state index is -0.461. The minimum Gasteiger partial charge on any atom is -0.291 e. The Labute approximate surface area is 90.0 Å². The molecule has 0 fully saturated rings. The number of Topliss-reactive ketones (excluding diaryl/α,β-unsaturated/α-hetero) is 2. The van der Waals surface area contributed by atoms with Crippen LogP contribution in [0.1, 0.15) is 22.3 Å². The second kappa shape index (κ2) is 3.51. The Balaban J connectivity index is 2.62. The highest BCUT2D eigenvalue weighted by Crippen LogP contribution is 2.25. The Hall–Kier alpha value is -1.62. The molecule has 0 aliphatic rings. The molecule has 0 radical (unpaired) electrons. The number of nitrogens with zero attached hydrogens (tertiary/aromatic N) is 2. The van der Waals surface area contributed by atoms with E-state index in [2.05, 4.69) is 9.97 Å². The van der Waals surface area contributed by atoms with E-state index in [1.807, 2.05) is 6.92 Å². The Morgan fingerprint density at radius 2 is 2.07 bits per heavy atom. The van der Waals surface area contributed by atoms with E-state index >= 15 is 0 Å². The van der Waals surface area contributed by atoms with Crippen molar-refractivity contribution in [1.82, 2.24) is 9.97 Å². The van der Waals surface area contributed by atoms with Gasteiger partial charge in [0.1, 0.15) is 11.2 Å². The monoisotopic (exact) mass is 220 g/mol. The van der Waals surface area contributed by atoms with Gasteiger partial charge in [0.25, 0.3) is 0 Å². The molecule has 0 aliphatic carbocycles. The summed E-state index contributed by atoms with van der Waals surface area (Å²) < 4.78 is 0. The van der Waals surface area contributed by atoms with Gasteiger partial charge in [-0.1, -0.05) is 0 Å². The standard InChI is InChI=1S/C10H8N2O2S/c1-5-7-3-8(9(14)6(2)13)15-10(7)12-4-11-5/h3-4H,1-2H3. The van der Waals surface area contributed by atoms with Crippen LogP contribution in [0.5, 0.6) is 0 Å². The second-order valence-corrected chi connectivity index (χ2v) is 4.20. The van der Waals surface area contributed by atoms with Gasteiger partial charge in [-0.05, 0) is 13.0 Å². The maximum atomic E-state index is 11.4. The molecule has 0 bridgehead atoms. The van der Waals surface area contributed by atoms with Crippen molar-refractivity contribution < 1.29 is 9.59 Å². The first kappa shape index (κ1) is 9.92. The fourth-order valence-electron chi connectivity index (χ4n) is 1.26. The maximum Gasteiger partial charge on any atom is 0.238 e. The molecule has 0 saturated heterocycles. The average molecular weight is 220 g/mol. The van der Waals surface area contributed by atoms with E-state index < -0.39 is 11.6 Å². The van der Waals surface area contributed by atoms with Crippen LogP contribution in [0.15, 0.2) is 12.4 Å². The van der Waals surface area contributed by atoms with Crippen LogP contribution >= 0.6 is 11.3 Å². The lowest BCUT2D eigenvalue weighted by atomic mass is 10.2. The van der Waals surface area contributed by atoms with Gasteiger partial charge in [0.05, 0.1) is 4.88 Å². The van der Waals surface area contributed by atoms with Gasteiger partial charge in [0, 0.05) is 18.0 Å². The first-order chi connectivity index (χ1) is 7.09. The van der Waals surface area contributed by atoms with E-state index in [0.717, 1.165) is 15.9 Å². The number of hydrogen-bond acceptors (Lipinski definition) is 5. The van der Waals surface area contributed by atoms with Gasteiger partial charge in [-0.3, -0.25) is 9.59 Å². The normalized spacial score (nSPS) is 10.5. The number of hydrogen-bond donors (Lipinski definition) is 0. The Morgan fingerprint density at radius 3 is 2.67 bits per heavy atom. The van der Waals surface area contributed by atoms with Crippen molar-refractivity contribution in [3.05, 3.63) is 23.0 Å². The zero-order chi connectivity index (χ0) is 11.0. The number of ketones is 2. The molecule has 76 valence electrons. The van der Waals surface area contributed by atoms with Crippen LogP contribution in [0.3, 0.4) is 0 Å². The third kappa shape index (κ3) is 1.66. The van der Waals surface area contributed by atoms with Gasteiger partial charge < -0.3 is 0 Å². The number of thiophene rings is 1. The predicted molar refractivity (Wildman–Crippen MR) is 57.2 cm³/mol. The summed E-state index contributed by atoms with van der Waals surface area (Å²) in [5.41, 5.74) is 0.818. The van der Waals surface area contributed by atoms with Crippen molar-refractivity contribution in [1.29, 1.82) is 0 Å². The molecule has 0 saturated carbocycles. The average Bonchev–Trinajstić information content (AvgIpc) is 2.61. The number of fused-ring (bicyclic) bond motifs is 1. The van der Waals surface area contributed by atoms with Crippen LogP contribution < -0.4 is 0 Å². The van der Waals surface area contributed by atoms with Crippen molar-refractivity contribution in [3.8, 4) is 0 Å². The Kier molecular flexibility index (Phi) is 2.32. The lowest BCUT2D eigenvalue weighted by molar-refractivity contribution is -0.113. The van der Waals surface area contributed by atoms with E-state index in [9.17, 15) is 9.59 Å². The largest absolute Gasteiger partial charge is 0.291 e. The summed E-state index contributed by atoms with van der Waals surface area (Å²) in [6, 6.07) is 1.68. The highest BCUT2D eigenvalue weighted by atomic mass is 32.1. The lowest BCUT2D eigenvalue weighted by Gasteiger charge is -1.90. The minimum absolute atomic E-state index is 0.432. The number of aryl methyl sites for hydroxylation is 1. The summed E-state index contributed by atoms with van der Waals surface area (Å²) in [5, 5.41) is 0.840. The fourth-order valence-corrected chi connectivity index (χ4v) is 2.30. The second-order valence-electron chi connectivity index (χ2n) is 3.17. The van der Waals surface area contributed by atoms with E-state index in [-0.39, 0.29) is 0 Å². The number of carbonyl (C=O) groups excluding carboxylic acids is 2. The van der Waals surface area contributed by atoms with Crippen LogP contribution in [0.25, 0.3) is 10.2 Å². The molecule has 0 atom stereocenters. The molecule has 0 N–H and O–H groups in total. The van der Waals surface area contributed by atoms with Gasteiger partial charge >= 0.3 is 0 Å². The van der Waals surface area contributed by atoms with Crippen LogP contribution in [-0.4, -0.2) is 21.5 Å². The summed E-state index contributed by atoms with van der Waals surface area (Å²) in [6.45, 7) is 3.12. The zero-order valence-corrected chi connectivity index (χ0v) is 9.09. The SMILES string of the molecule is CC(=O)C(=O)c1cc2c(C)ncnc2s1. The van der Waals surface area contributed by atoms with Crippen molar-refractivity contribution >= 4 is 33.1 Å². The molecule has 2 heterocycles. The molecule has 2 aromatic rings. The van der Waals surface area contributed by atoms with Crippen molar-refractivity contribution in [2.45, 2.75) is 13.8 Å². The summed E-state index contributed by atoms with van der Waals surface area (Å²) in [4.78, 5) is 31.6. The zero-order valence-electron chi connectivity index (χ0n) is 8.27. The Bertz CT molecular complexity index is 560. The first-order valence-electron chi connectivity index (χ1n) is 4.36. The summed E-state index contributed by atoms with van der Waals surface area (Å²) in [6.07, 6.45) is 1.45. The molecular formula is C10H8N2O2S. The van der Waals surface area contributed by atoms with E-state index in [1.165, 1.54) is 24.6 Å². The smallest absolute Gasteiger partial charge is 0.238 e. The molecule has 0 spiro atoms. The molecule has 2 aromatic heterocycles. The highest BCUT2D eigenvalue weighted by Gasteiger charge is 2.15. The molecule has 0 amide bonds. The molecular weight excluding hydrogens is 212 g/mol. The van der Waals surface area contributed by atoms with Crippen LogP contribution in [0, 0.1) is 6.92 Å². The van der Waals surface area contributed by atoms with Crippen LogP contribution in [0.2, 0.25) is 0 Å². The summed E-state index contributed by atoms with van der Waals surface area (Å²) in [7, 11) is 0. The third-order valence-electron chi connectivity index (χ3n) is 2.07. The van der Waals surface area contributed by atoms with Gasteiger partial charge in [0.2, 0.25) is 11.6 Å². The topological polar surface area (TPSA) is 59.9 Å². The van der Waals surface area contributed by atoms with Crippen molar-refractivity contribution in [3.63, 3.8) is 0 Å². The third-order valence-corrected chi connectivity index (χ3v) is 3.11.